The number of rotatable bonds is 2. The molecular formula is C13H20N4. The Bertz CT molecular complexity index is 414. The van der Waals surface area contributed by atoms with Crippen molar-refractivity contribution < 1.29 is 0 Å². The van der Waals surface area contributed by atoms with Gasteiger partial charge >= 0.3 is 0 Å². The molecule has 3 rings (SSSR count). The summed E-state index contributed by atoms with van der Waals surface area (Å²) >= 11 is 0. The zero-order valence-corrected chi connectivity index (χ0v) is 10.4. The molecule has 4 heteroatoms. The molecule has 0 amide bonds. The third kappa shape index (κ3) is 2.21. The second-order valence-corrected chi connectivity index (χ2v) is 5.32. The summed E-state index contributed by atoms with van der Waals surface area (Å²) in [5, 5.41) is 0. The summed E-state index contributed by atoms with van der Waals surface area (Å²) in [6.07, 6.45) is 6.35. The Kier molecular flexibility index (Phi) is 2.65. The van der Waals surface area contributed by atoms with Gasteiger partial charge in [0.25, 0.3) is 0 Å². The molecule has 1 atom stereocenters. The number of hydrogen-bond donors (Lipinski definition) is 1. The lowest BCUT2D eigenvalue weighted by atomic mass is 10.0. The molecule has 1 aromatic rings. The third-order valence-corrected chi connectivity index (χ3v) is 3.84. The Balaban J connectivity index is 1.90. The van der Waals surface area contributed by atoms with Crippen molar-refractivity contribution in [2.45, 2.75) is 51.0 Å². The van der Waals surface area contributed by atoms with E-state index in [1.165, 1.54) is 32.1 Å². The molecule has 0 spiro atoms. The third-order valence-electron chi connectivity index (χ3n) is 3.84. The lowest BCUT2D eigenvalue weighted by Gasteiger charge is -2.34. The van der Waals surface area contributed by atoms with Crippen molar-refractivity contribution >= 4 is 11.8 Å². The van der Waals surface area contributed by atoms with Crippen molar-refractivity contribution in [3.63, 3.8) is 0 Å². The Morgan fingerprint density at radius 2 is 2.06 bits per heavy atom. The van der Waals surface area contributed by atoms with Crippen LogP contribution in [0.3, 0.4) is 0 Å². The zero-order chi connectivity index (χ0) is 11.8. The van der Waals surface area contributed by atoms with E-state index in [0.717, 1.165) is 18.1 Å². The molecule has 1 unspecified atom stereocenters. The largest absolute Gasteiger partial charge is 0.368 e. The first-order valence-corrected chi connectivity index (χ1v) is 6.65. The van der Waals surface area contributed by atoms with E-state index < -0.39 is 0 Å². The maximum Gasteiger partial charge on any atom is 0.222 e. The number of aromatic nitrogens is 2. The number of nitrogens with zero attached hydrogens (tertiary/aromatic N) is 3. The fourth-order valence-electron chi connectivity index (χ4n) is 2.65. The standard InChI is InChI=1S/C13H20N4/c1-9-4-2-3-7-17(9)12-8-11(10-5-6-10)15-13(14)16-12/h8-10H,2-7H2,1H3,(H2,14,15,16). The van der Waals surface area contributed by atoms with Gasteiger partial charge in [-0.1, -0.05) is 0 Å². The van der Waals surface area contributed by atoms with Gasteiger partial charge in [-0.25, -0.2) is 4.98 Å². The zero-order valence-electron chi connectivity index (χ0n) is 10.4. The fraction of sp³-hybridized carbons (Fsp3) is 0.692. The van der Waals surface area contributed by atoms with Crippen LogP contribution in [0.25, 0.3) is 0 Å². The summed E-state index contributed by atoms with van der Waals surface area (Å²) < 4.78 is 0. The normalized spacial score (nSPS) is 25.0. The van der Waals surface area contributed by atoms with Crippen LogP contribution >= 0.6 is 0 Å². The van der Waals surface area contributed by atoms with Gasteiger partial charge in [-0.2, -0.15) is 4.98 Å². The molecule has 2 N–H and O–H groups in total. The van der Waals surface area contributed by atoms with Crippen LogP contribution in [0.5, 0.6) is 0 Å². The van der Waals surface area contributed by atoms with Gasteiger partial charge in [0, 0.05) is 24.6 Å². The Labute approximate surface area is 102 Å². The van der Waals surface area contributed by atoms with Crippen molar-refractivity contribution in [3.05, 3.63) is 11.8 Å². The molecule has 2 fully saturated rings. The van der Waals surface area contributed by atoms with Crippen LogP contribution in [0.2, 0.25) is 0 Å². The lowest BCUT2D eigenvalue weighted by molar-refractivity contribution is 0.481. The number of anilines is 2. The fourth-order valence-corrected chi connectivity index (χ4v) is 2.65. The van der Waals surface area contributed by atoms with Crippen molar-refractivity contribution in [1.82, 2.24) is 9.97 Å². The minimum Gasteiger partial charge on any atom is -0.368 e. The first kappa shape index (κ1) is 10.8. The molecule has 0 bridgehead atoms. The molecule has 0 aromatic carbocycles. The second-order valence-electron chi connectivity index (χ2n) is 5.32. The SMILES string of the molecule is CC1CCCCN1c1cc(C2CC2)nc(N)n1. The smallest absolute Gasteiger partial charge is 0.222 e. The van der Waals surface area contributed by atoms with E-state index in [-0.39, 0.29) is 0 Å². The summed E-state index contributed by atoms with van der Waals surface area (Å²) in [5.74, 6) is 2.10. The van der Waals surface area contributed by atoms with Crippen molar-refractivity contribution in [2.24, 2.45) is 0 Å². The van der Waals surface area contributed by atoms with Gasteiger partial charge in [-0.3, -0.25) is 0 Å². The van der Waals surface area contributed by atoms with Crippen molar-refractivity contribution in [2.75, 3.05) is 17.2 Å². The number of piperidine rings is 1. The summed E-state index contributed by atoms with van der Waals surface area (Å²) in [5.41, 5.74) is 6.97. The van der Waals surface area contributed by atoms with Crippen LogP contribution in [0, 0.1) is 0 Å². The molecule has 0 radical (unpaired) electrons. The number of nitrogens with two attached hydrogens (primary N) is 1. The first-order valence-electron chi connectivity index (χ1n) is 6.65. The van der Waals surface area contributed by atoms with Gasteiger partial charge in [-0.05, 0) is 39.0 Å². The molecule has 1 aromatic heterocycles. The highest BCUT2D eigenvalue weighted by atomic mass is 15.2. The molecule has 1 aliphatic carbocycles. The Hall–Kier alpha value is -1.32. The number of hydrogen-bond acceptors (Lipinski definition) is 4. The van der Waals surface area contributed by atoms with Gasteiger partial charge in [0.2, 0.25) is 5.95 Å². The minimum absolute atomic E-state index is 0.433. The van der Waals surface area contributed by atoms with Gasteiger partial charge < -0.3 is 10.6 Å². The average molecular weight is 232 g/mol. The molecule has 1 aliphatic heterocycles. The predicted molar refractivity (Wildman–Crippen MR) is 69.1 cm³/mol. The van der Waals surface area contributed by atoms with E-state index in [1.807, 2.05) is 0 Å². The molecular weight excluding hydrogens is 212 g/mol. The van der Waals surface area contributed by atoms with Crippen LogP contribution < -0.4 is 10.6 Å². The van der Waals surface area contributed by atoms with E-state index in [9.17, 15) is 0 Å². The van der Waals surface area contributed by atoms with E-state index in [4.69, 9.17) is 5.73 Å². The molecule has 1 saturated heterocycles. The van der Waals surface area contributed by atoms with Crippen molar-refractivity contribution in [1.29, 1.82) is 0 Å². The Morgan fingerprint density at radius 3 is 2.76 bits per heavy atom. The van der Waals surface area contributed by atoms with E-state index in [1.54, 1.807) is 0 Å². The molecule has 2 heterocycles. The maximum absolute atomic E-state index is 5.83. The minimum atomic E-state index is 0.433. The van der Waals surface area contributed by atoms with Crippen LogP contribution in [0.4, 0.5) is 11.8 Å². The maximum atomic E-state index is 5.83. The van der Waals surface area contributed by atoms with Gasteiger partial charge in [0.05, 0.1) is 5.69 Å². The molecule has 4 nitrogen and oxygen atoms in total. The Morgan fingerprint density at radius 1 is 1.24 bits per heavy atom. The van der Waals surface area contributed by atoms with Gasteiger partial charge in [0.1, 0.15) is 5.82 Å². The summed E-state index contributed by atoms with van der Waals surface area (Å²) in [6.45, 7) is 3.37. The quantitative estimate of drug-likeness (QED) is 0.850. The highest BCUT2D eigenvalue weighted by molar-refractivity contribution is 5.46. The second kappa shape index (κ2) is 4.17. The first-order chi connectivity index (χ1) is 8.24. The lowest BCUT2D eigenvalue weighted by Crippen LogP contribution is -2.38. The molecule has 1 saturated carbocycles. The highest BCUT2D eigenvalue weighted by Crippen LogP contribution is 2.40. The topological polar surface area (TPSA) is 55.0 Å². The van der Waals surface area contributed by atoms with E-state index >= 15 is 0 Å². The summed E-state index contributed by atoms with van der Waals surface area (Å²) in [7, 11) is 0. The molecule has 17 heavy (non-hydrogen) atoms. The summed E-state index contributed by atoms with van der Waals surface area (Å²) in [4.78, 5) is 11.1. The highest BCUT2D eigenvalue weighted by Gasteiger charge is 2.27. The molecule has 2 aliphatic rings. The predicted octanol–water partition coefficient (Wildman–Crippen LogP) is 2.31. The number of nitrogen functional groups attached to an aromatic ring is 1. The van der Waals surface area contributed by atoms with Crippen molar-refractivity contribution in [3.8, 4) is 0 Å². The van der Waals surface area contributed by atoms with E-state index in [2.05, 4.69) is 27.9 Å². The van der Waals surface area contributed by atoms with Crippen LogP contribution in [-0.4, -0.2) is 22.6 Å². The van der Waals surface area contributed by atoms with Crippen LogP contribution in [0.1, 0.15) is 50.6 Å². The summed E-state index contributed by atoms with van der Waals surface area (Å²) in [6, 6.07) is 2.72. The van der Waals surface area contributed by atoms with E-state index in [0.29, 0.717) is 17.9 Å². The monoisotopic (exact) mass is 232 g/mol. The van der Waals surface area contributed by atoms with Crippen LogP contribution in [-0.2, 0) is 0 Å². The average Bonchev–Trinajstić information content (AvgIpc) is 3.12. The van der Waals surface area contributed by atoms with Crippen LogP contribution in [0.15, 0.2) is 6.07 Å². The van der Waals surface area contributed by atoms with Gasteiger partial charge in [0.15, 0.2) is 0 Å². The molecule has 92 valence electrons. The van der Waals surface area contributed by atoms with Gasteiger partial charge in [-0.15, -0.1) is 0 Å².